The van der Waals surface area contributed by atoms with Gasteiger partial charge in [0.2, 0.25) is 11.6 Å². The monoisotopic (exact) mass is 294 g/mol. The Labute approximate surface area is 117 Å². The van der Waals surface area contributed by atoms with Crippen LogP contribution in [-0.2, 0) is 0 Å². The number of carbonyl (C=O) groups is 1. The Morgan fingerprint density at radius 2 is 2.10 bits per heavy atom. The molecular formula is C12H7ClN2O5. The molecular weight excluding hydrogens is 288 g/mol. The predicted octanol–water partition coefficient (Wildman–Crippen LogP) is 3.13. The molecule has 1 aromatic carbocycles. The van der Waals surface area contributed by atoms with E-state index in [0.29, 0.717) is 0 Å². The third-order valence-electron chi connectivity index (χ3n) is 2.31. The minimum atomic E-state index is -1.15. The van der Waals surface area contributed by atoms with Crippen LogP contribution in [0.25, 0.3) is 0 Å². The highest BCUT2D eigenvalue weighted by Gasteiger charge is 2.17. The second-order valence-electron chi connectivity index (χ2n) is 3.66. The molecule has 0 atom stereocenters. The van der Waals surface area contributed by atoms with Crippen molar-refractivity contribution in [1.82, 2.24) is 4.98 Å². The van der Waals surface area contributed by atoms with E-state index in [-0.39, 0.29) is 27.9 Å². The molecule has 0 bridgehead atoms. The molecule has 0 amide bonds. The number of hydrogen-bond donors (Lipinski definition) is 1. The summed E-state index contributed by atoms with van der Waals surface area (Å²) in [6, 6.07) is 6.32. The molecule has 0 aliphatic carbocycles. The van der Waals surface area contributed by atoms with Gasteiger partial charge in [0.15, 0.2) is 0 Å². The molecule has 0 spiro atoms. The number of aromatic nitrogens is 1. The lowest BCUT2D eigenvalue weighted by Gasteiger charge is -2.06. The van der Waals surface area contributed by atoms with Crippen LogP contribution >= 0.6 is 11.6 Å². The zero-order valence-corrected chi connectivity index (χ0v) is 10.6. The molecule has 0 aliphatic heterocycles. The summed E-state index contributed by atoms with van der Waals surface area (Å²) >= 11 is 5.68. The number of rotatable bonds is 4. The molecule has 1 heterocycles. The molecule has 0 saturated carbocycles. The van der Waals surface area contributed by atoms with Gasteiger partial charge in [0, 0.05) is 23.4 Å². The Balaban J connectivity index is 2.37. The summed E-state index contributed by atoms with van der Waals surface area (Å²) in [5.41, 5.74) is -0.369. The van der Waals surface area contributed by atoms with Gasteiger partial charge in [-0.25, -0.2) is 9.78 Å². The van der Waals surface area contributed by atoms with E-state index >= 15 is 0 Å². The molecule has 1 N–H and O–H groups in total. The van der Waals surface area contributed by atoms with Crippen LogP contribution in [-0.4, -0.2) is 21.0 Å². The van der Waals surface area contributed by atoms with E-state index in [2.05, 4.69) is 4.98 Å². The summed E-state index contributed by atoms with van der Waals surface area (Å²) < 4.78 is 5.24. The second kappa shape index (κ2) is 5.54. The summed E-state index contributed by atoms with van der Waals surface area (Å²) in [7, 11) is 0. The van der Waals surface area contributed by atoms with E-state index < -0.39 is 10.9 Å². The summed E-state index contributed by atoms with van der Waals surface area (Å²) in [5, 5.41) is 19.9. The number of nitro benzene ring substituents is 1. The molecule has 0 unspecified atom stereocenters. The van der Waals surface area contributed by atoms with Crippen molar-refractivity contribution in [2.24, 2.45) is 0 Å². The van der Waals surface area contributed by atoms with E-state index in [1.54, 1.807) is 0 Å². The van der Waals surface area contributed by atoms with Crippen LogP contribution in [0, 0.1) is 10.1 Å². The maximum absolute atomic E-state index is 10.9. The average molecular weight is 295 g/mol. The molecule has 20 heavy (non-hydrogen) atoms. The van der Waals surface area contributed by atoms with Gasteiger partial charge in [-0.3, -0.25) is 10.1 Å². The summed E-state index contributed by atoms with van der Waals surface area (Å²) in [6.45, 7) is 0. The molecule has 0 fully saturated rings. The number of carboxylic acids is 1. The van der Waals surface area contributed by atoms with E-state index in [1.807, 2.05) is 0 Å². The fourth-order valence-electron chi connectivity index (χ4n) is 1.43. The molecule has 7 nitrogen and oxygen atoms in total. The number of pyridine rings is 1. The summed E-state index contributed by atoms with van der Waals surface area (Å²) in [6.07, 6.45) is 1.24. The van der Waals surface area contributed by atoms with Gasteiger partial charge in [0.05, 0.1) is 10.5 Å². The van der Waals surface area contributed by atoms with Crippen molar-refractivity contribution >= 4 is 23.3 Å². The summed E-state index contributed by atoms with van der Waals surface area (Å²) in [4.78, 5) is 24.9. The first kappa shape index (κ1) is 13.8. The van der Waals surface area contributed by atoms with E-state index in [0.717, 1.165) is 6.07 Å². The minimum Gasteiger partial charge on any atom is -0.478 e. The lowest BCUT2D eigenvalue weighted by Crippen LogP contribution is -1.99. The van der Waals surface area contributed by atoms with Crippen LogP contribution in [0.15, 0.2) is 36.5 Å². The number of hydrogen-bond acceptors (Lipinski definition) is 5. The number of carboxylic acid groups (broad SMARTS) is 1. The van der Waals surface area contributed by atoms with Crippen molar-refractivity contribution in [3.05, 3.63) is 57.2 Å². The molecule has 0 aliphatic rings. The third kappa shape index (κ3) is 3.01. The van der Waals surface area contributed by atoms with Gasteiger partial charge < -0.3 is 9.84 Å². The first-order valence-electron chi connectivity index (χ1n) is 5.28. The number of benzene rings is 1. The highest BCUT2D eigenvalue weighted by Crippen LogP contribution is 2.32. The van der Waals surface area contributed by atoms with Gasteiger partial charge in [-0.05, 0) is 18.2 Å². The smallest absolute Gasteiger partial charge is 0.335 e. The van der Waals surface area contributed by atoms with Crippen molar-refractivity contribution in [1.29, 1.82) is 0 Å². The largest absolute Gasteiger partial charge is 0.478 e. The first-order chi connectivity index (χ1) is 9.47. The van der Waals surface area contributed by atoms with E-state index in [9.17, 15) is 14.9 Å². The zero-order valence-electron chi connectivity index (χ0n) is 9.82. The first-order valence-corrected chi connectivity index (χ1v) is 5.66. The van der Waals surface area contributed by atoms with Crippen LogP contribution < -0.4 is 4.74 Å². The number of nitrogens with zero attached hydrogens (tertiary/aromatic N) is 2. The highest BCUT2D eigenvalue weighted by molar-refractivity contribution is 6.30. The number of halogens is 1. The maximum Gasteiger partial charge on any atom is 0.335 e. The zero-order chi connectivity index (χ0) is 14.7. The fourth-order valence-corrected chi connectivity index (χ4v) is 1.60. The van der Waals surface area contributed by atoms with Gasteiger partial charge in [0.1, 0.15) is 0 Å². The Morgan fingerprint density at radius 3 is 2.75 bits per heavy atom. The molecule has 0 saturated heterocycles. The van der Waals surface area contributed by atoms with Crippen LogP contribution in [0.2, 0.25) is 5.02 Å². The van der Waals surface area contributed by atoms with Crippen molar-refractivity contribution in [3.8, 4) is 11.6 Å². The average Bonchev–Trinajstić information content (AvgIpc) is 2.41. The van der Waals surface area contributed by atoms with Gasteiger partial charge in [-0.15, -0.1) is 0 Å². The second-order valence-corrected chi connectivity index (χ2v) is 4.10. The molecule has 0 radical (unpaired) electrons. The van der Waals surface area contributed by atoms with Crippen molar-refractivity contribution in [2.45, 2.75) is 0 Å². The Hall–Kier alpha value is -2.67. The molecule has 1 aromatic heterocycles. The minimum absolute atomic E-state index is 0.0355. The van der Waals surface area contributed by atoms with Crippen LogP contribution in [0.3, 0.4) is 0 Å². The normalized spacial score (nSPS) is 10.1. The van der Waals surface area contributed by atoms with Gasteiger partial charge in [0.25, 0.3) is 0 Å². The molecule has 8 heteroatoms. The van der Waals surface area contributed by atoms with E-state index in [1.165, 1.54) is 30.5 Å². The summed E-state index contributed by atoms with van der Waals surface area (Å²) in [5.74, 6) is -1.28. The van der Waals surface area contributed by atoms with Crippen molar-refractivity contribution in [2.75, 3.05) is 0 Å². The van der Waals surface area contributed by atoms with Crippen LogP contribution in [0.1, 0.15) is 10.4 Å². The van der Waals surface area contributed by atoms with E-state index in [4.69, 9.17) is 21.4 Å². The number of aromatic carboxylic acids is 1. The maximum atomic E-state index is 10.9. The Kier molecular flexibility index (Phi) is 3.81. The van der Waals surface area contributed by atoms with Gasteiger partial charge in [-0.2, -0.15) is 0 Å². The SMILES string of the molecule is O=C(O)c1ccnc(Oc2ccc(Cl)cc2[N+](=O)[O-])c1. The van der Waals surface area contributed by atoms with Gasteiger partial charge in [-0.1, -0.05) is 11.6 Å². The molecule has 2 rings (SSSR count). The number of ether oxygens (including phenoxy) is 1. The Bertz CT molecular complexity index is 689. The highest BCUT2D eigenvalue weighted by atomic mass is 35.5. The molecule has 102 valence electrons. The number of nitro groups is 1. The van der Waals surface area contributed by atoms with Crippen molar-refractivity contribution in [3.63, 3.8) is 0 Å². The quantitative estimate of drug-likeness (QED) is 0.686. The Morgan fingerprint density at radius 1 is 1.35 bits per heavy atom. The predicted molar refractivity (Wildman–Crippen MR) is 69.4 cm³/mol. The van der Waals surface area contributed by atoms with Crippen LogP contribution in [0.5, 0.6) is 11.6 Å². The standard InChI is InChI=1S/C12H7ClN2O5/c13-8-1-2-10(9(6-8)15(18)19)20-11-5-7(12(16)17)3-4-14-11/h1-6H,(H,16,17). The lowest BCUT2D eigenvalue weighted by atomic mass is 10.2. The third-order valence-corrected chi connectivity index (χ3v) is 2.55. The molecule has 2 aromatic rings. The topological polar surface area (TPSA) is 103 Å². The van der Waals surface area contributed by atoms with Crippen molar-refractivity contribution < 1.29 is 19.6 Å². The fraction of sp³-hybridized carbons (Fsp3) is 0. The van der Waals surface area contributed by atoms with Crippen LogP contribution in [0.4, 0.5) is 5.69 Å². The lowest BCUT2D eigenvalue weighted by molar-refractivity contribution is -0.385. The van der Waals surface area contributed by atoms with Gasteiger partial charge >= 0.3 is 11.7 Å².